The lowest BCUT2D eigenvalue weighted by Gasteiger charge is -2.33. The molecule has 0 aliphatic heterocycles. The molecule has 0 unspecified atom stereocenters. The number of amides is 2. The quantitative estimate of drug-likeness (QED) is 0.278. The molecule has 0 heterocycles. The van der Waals surface area contributed by atoms with E-state index in [4.69, 9.17) is 14.2 Å². The average Bonchev–Trinajstić information content (AvgIpc) is 3.06. The monoisotopic (exact) mass is 637 g/mol. The predicted molar refractivity (Wildman–Crippen MR) is 173 cm³/mol. The molecule has 1 N–H and O–H groups in total. The van der Waals surface area contributed by atoms with E-state index in [1.165, 1.54) is 37.3 Å². The SMILES string of the molecule is COc1ccc(CN(C(=O)CN(c2cc(OC)ccc2OC)S(=O)(=O)c2ccc(C)cc2)[C@H](C)C(=O)NC2CCCCC2)cc1. The lowest BCUT2D eigenvalue weighted by Crippen LogP contribution is -2.53. The number of methoxy groups -OCH3 is 3. The maximum atomic E-state index is 14.3. The summed E-state index contributed by atoms with van der Waals surface area (Å²) in [6, 6.07) is 17.5. The number of nitrogens with one attached hydrogen (secondary N) is 1. The standard InChI is InChI=1S/C34H43N3O7S/c1-24-11-18-30(19-12-24)45(40,41)37(31-21-29(43-4)17-20-32(31)44-5)23-33(38)36(22-26-13-15-28(42-3)16-14-26)25(2)34(39)35-27-9-7-6-8-10-27/h11-21,25,27H,6-10,22-23H2,1-5H3,(H,35,39)/t25-/m1/s1. The number of hydrogen-bond donors (Lipinski definition) is 1. The van der Waals surface area contributed by atoms with Crippen LogP contribution in [0.1, 0.15) is 50.2 Å². The zero-order valence-corrected chi connectivity index (χ0v) is 27.4. The second-order valence-electron chi connectivity index (χ2n) is 11.3. The molecule has 0 spiro atoms. The number of carbonyl (C=O) groups excluding carboxylic acids is 2. The van der Waals surface area contributed by atoms with E-state index in [2.05, 4.69) is 5.32 Å². The van der Waals surface area contributed by atoms with Gasteiger partial charge in [0.25, 0.3) is 10.0 Å². The molecular formula is C34H43N3O7S. The van der Waals surface area contributed by atoms with E-state index in [1.54, 1.807) is 50.4 Å². The van der Waals surface area contributed by atoms with Gasteiger partial charge in [0.05, 0.1) is 31.9 Å². The van der Waals surface area contributed by atoms with Crippen LogP contribution in [-0.4, -0.2) is 65.1 Å². The van der Waals surface area contributed by atoms with Crippen molar-refractivity contribution in [1.29, 1.82) is 0 Å². The summed E-state index contributed by atoms with van der Waals surface area (Å²) in [6.07, 6.45) is 5.01. The molecule has 0 bridgehead atoms. The normalized spacial score (nSPS) is 14.2. The third-order valence-corrected chi connectivity index (χ3v) is 9.95. The van der Waals surface area contributed by atoms with E-state index in [1.807, 2.05) is 19.1 Å². The molecule has 0 aromatic heterocycles. The number of nitrogens with zero attached hydrogens (tertiary/aromatic N) is 2. The number of aryl methyl sites for hydroxylation is 1. The molecule has 1 aliphatic carbocycles. The molecule has 0 saturated heterocycles. The summed E-state index contributed by atoms with van der Waals surface area (Å²) in [5, 5.41) is 3.12. The van der Waals surface area contributed by atoms with Crippen LogP contribution in [0.4, 0.5) is 5.69 Å². The Kier molecular flexibility index (Phi) is 11.3. The molecule has 3 aromatic carbocycles. The summed E-state index contributed by atoms with van der Waals surface area (Å²) in [7, 11) is 0.193. The van der Waals surface area contributed by atoms with E-state index in [-0.39, 0.29) is 34.8 Å². The molecule has 1 fully saturated rings. The van der Waals surface area contributed by atoms with E-state index in [0.717, 1.165) is 47.5 Å². The van der Waals surface area contributed by atoms with Gasteiger partial charge in [-0.25, -0.2) is 8.42 Å². The van der Waals surface area contributed by atoms with E-state index in [0.29, 0.717) is 11.5 Å². The van der Waals surface area contributed by atoms with Crippen LogP contribution < -0.4 is 23.8 Å². The highest BCUT2D eigenvalue weighted by atomic mass is 32.2. The largest absolute Gasteiger partial charge is 0.497 e. The maximum absolute atomic E-state index is 14.3. The van der Waals surface area contributed by atoms with Crippen LogP contribution in [0.25, 0.3) is 0 Å². The van der Waals surface area contributed by atoms with Crippen LogP contribution in [-0.2, 0) is 26.2 Å². The van der Waals surface area contributed by atoms with Crippen molar-refractivity contribution < 1.29 is 32.2 Å². The highest BCUT2D eigenvalue weighted by Gasteiger charge is 2.34. The fraction of sp³-hybridized carbons (Fsp3) is 0.412. The third-order valence-electron chi connectivity index (χ3n) is 8.17. The van der Waals surface area contributed by atoms with Gasteiger partial charge in [0.15, 0.2) is 0 Å². The molecule has 10 nitrogen and oxygen atoms in total. The van der Waals surface area contributed by atoms with Crippen LogP contribution in [0.15, 0.2) is 71.6 Å². The first-order valence-corrected chi connectivity index (χ1v) is 16.6. The highest BCUT2D eigenvalue weighted by molar-refractivity contribution is 7.92. The summed E-state index contributed by atoms with van der Waals surface area (Å²) < 4.78 is 45.7. The first kappa shape index (κ1) is 33.6. The Morgan fingerprint density at radius 1 is 0.867 bits per heavy atom. The number of anilines is 1. The molecule has 1 atom stereocenters. The van der Waals surface area contributed by atoms with Crippen molar-refractivity contribution in [2.45, 2.75) is 69.5 Å². The Morgan fingerprint density at radius 2 is 1.49 bits per heavy atom. The van der Waals surface area contributed by atoms with Gasteiger partial charge in [-0.1, -0.05) is 49.1 Å². The summed E-state index contributed by atoms with van der Waals surface area (Å²) in [5.41, 5.74) is 1.78. The Morgan fingerprint density at radius 3 is 2.09 bits per heavy atom. The van der Waals surface area contributed by atoms with Gasteiger partial charge >= 0.3 is 0 Å². The fourth-order valence-electron chi connectivity index (χ4n) is 5.42. The lowest BCUT2D eigenvalue weighted by atomic mass is 9.95. The van der Waals surface area contributed by atoms with Crippen molar-refractivity contribution >= 4 is 27.5 Å². The average molecular weight is 638 g/mol. The van der Waals surface area contributed by atoms with Gasteiger partial charge in [0.1, 0.15) is 29.8 Å². The molecule has 0 radical (unpaired) electrons. The van der Waals surface area contributed by atoms with Crippen LogP contribution >= 0.6 is 0 Å². The third kappa shape index (κ3) is 8.27. The topological polar surface area (TPSA) is 114 Å². The van der Waals surface area contributed by atoms with Gasteiger partial charge in [-0.3, -0.25) is 13.9 Å². The molecule has 45 heavy (non-hydrogen) atoms. The van der Waals surface area contributed by atoms with Gasteiger partial charge in [0, 0.05) is 18.7 Å². The van der Waals surface area contributed by atoms with Crippen molar-refractivity contribution in [1.82, 2.24) is 10.2 Å². The van der Waals surface area contributed by atoms with Gasteiger partial charge in [0.2, 0.25) is 11.8 Å². The first-order valence-electron chi connectivity index (χ1n) is 15.1. The van der Waals surface area contributed by atoms with Gasteiger partial charge in [-0.2, -0.15) is 0 Å². The van der Waals surface area contributed by atoms with Crippen LogP contribution in [0.3, 0.4) is 0 Å². The second-order valence-corrected chi connectivity index (χ2v) is 13.1. The predicted octanol–water partition coefficient (Wildman–Crippen LogP) is 5.08. The van der Waals surface area contributed by atoms with Crippen molar-refractivity contribution in [2.75, 3.05) is 32.2 Å². The minimum atomic E-state index is -4.27. The van der Waals surface area contributed by atoms with E-state index >= 15 is 0 Å². The highest BCUT2D eigenvalue weighted by Crippen LogP contribution is 2.36. The number of carbonyl (C=O) groups is 2. The second kappa shape index (κ2) is 15.2. The van der Waals surface area contributed by atoms with Crippen LogP contribution in [0.5, 0.6) is 17.2 Å². The van der Waals surface area contributed by atoms with Gasteiger partial charge in [-0.05, 0) is 68.7 Å². The minimum Gasteiger partial charge on any atom is -0.497 e. The van der Waals surface area contributed by atoms with Gasteiger partial charge < -0.3 is 24.4 Å². The molecule has 242 valence electrons. The van der Waals surface area contributed by atoms with E-state index in [9.17, 15) is 18.0 Å². The van der Waals surface area contributed by atoms with E-state index < -0.39 is 28.5 Å². The van der Waals surface area contributed by atoms with Crippen molar-refractivity contribution in [2.24, 2.45) is 0 Å². The maximum Gasteiger partial charge on any atom is 0.264 e. The Hall–Kier alpha value is -4.25. The number of benzene rings is 3. The summed E-state index contributed by atoms with van der Waals surface area (Å²) in [6.45, 7) is 3.02. The number of ether oxygens (including phenoxy) is 3. The molecule has 1 saturated carbocycles. The smallest absolute Gasteiger partial charge is 0.264 e. The zero-order valence-electron chi connectivity index (χ0n) is 26.6. The van der Waals surface area contributed by atoms with Crippen LogP contribution in [0.2, 0.25) is 0 Å². The molecule has 3 aromatic rings. The fourth-order valence-corrected chi connectivity index (χ4v) is 6.84. The van der Waals surface area contributed by atoms with Gasteiger partial charge in [-0.15, -0.1) is 0 Å². The Labute approximate surface area is 266 Å². The Balaban J connectivity index is 1.74. The van der Waals surface area contributed by atoms with Crippen LogP contribution in [0, 0.1) is 6.92 Å². The minimum absolute atomic E-state index is 0.00978. The molecule has 2 amide bonds. The summed E-state index contributed by atoms with van der Waals surface area (Å²) >= 11 is 0. The lowest BCUT2D eigenvalue weighted by molar-refractivity contribution is -0.139. The number of rotatable bonds is 13. The number of sulfonamides is 1. The van der Waals surface area contributed by atoms with Crippen molar-refractivity contribution in [3.8, 4) is 17.2 Å². The molecular weight excluding hydrogens is 594 g/mol. The number of hydrogen-bond acceptors (Lipinski definition) is 7. The Bertz CT molecular complexity index is 1550. The first-order chi connectivity index (χ1) is 21.6. The summed E-state index contributed by atoms with van der Waals surface area (Å²) in [5.74, 6) is 0.440. The zero-order chi connectivity index (χ0) is 32.6. The molecule has 1 aliphatic rings. The van der Waals surface area contributed by atoms with Crippen molar-refractivity contribution in [3.63, 3.8) is 0 Å². The molecule has 4 rings (SSSR count). The van der Waals surface area contributed by atoms with Crippen molar-refractivity contribution in [3.05, 3.63) is 77.9 Å². The summed E-state index contributed by atoms with van der Waals surface area (Å²) in [4.78, 5) is 29.3. The molecule has 11 heteroatoms.